The quantitative estimate of drug-likeness (QED) is 0.249. The minimum Gasteiger partial charge on any atom is -0.456 e. The van der Waals surface area contributed by atoms with Gasteiger partial charge in [0.2, 0.25) is 5.91 Å². The summed E-state index contributed by atoms with van der Waals surface area (Å²) in [5.74, 6) is 1.04. The maximum absolute atomic E-state index is 12.8. The molecule has 0 spiro atoms. The zero-order chi connectivity index (χ0) is 31.3. The second-order valence-electron chi connectivity index (χ2n) is 14.4. The van der Waals surface area contributed by atoms with E-state index in [1.165, 1.54) is 33.6 Å². The fourth-order valence-electron chi connectivity index (χ4n) is 10.2. The Hall–Kier alpha value is -1.91. The molecule has 10 nitrogen and oxygen atoms in total. The van der Waals surface area contributed by atoms with Gasteiger partial charge in [0, 0.05) is 33.7 Å². The highest BCUT2D eigenvalue weighted by atomic mass is 35.5. The molecule has 1 aliphatic heterocycles. The van der Waals surface area contributed by atoms with Crippen molar-refractivity contribution < 1.29 is 42.9 Å². The van der Waals surface area contributed by atoms with Gasteiger partial charge in [0.05, 0.1) is 12.2 Å². The molecule has 5 rings (SSSR count). The third-order valence-corrected chi connectivity index (χ3v) is 12.1. The van der Waals surface area contributed by atoms with Crippen LogP contribution in [-0.4, -0.2) is 67.7 Å². The second-order valence-corrected chi connectivity index (χ2v) is 14.4. The summed E-state index contributed by atoms with van der Waals surface area (Å²) < 4.78 is 29.4. The van der Waals surface area contributed by atoms with Crippen molar-refractivity contribution in [3.05, 3.63) is 0 Å². The van der Waals surface area contributed by atoms with Crippen molar-refractivity contribution in [2.45, 2.75) is 136 Å². The summed E-state index contributed by atoms with van der Waals surface area (Å²) in [6.45, 7) is 10.4. The number of nitrogens with one attached hydrogen (secondary N) is 1. The van der Waals surface area contributed by atoms with Crippen LogP contribution in [0.1, 0.15) is 99.3 Å². The molecule has 4 saturated carbocycles. The van der Waals surface area contributed by atoms with E-state index in [1.54, 1.807) is 14.0 Å². The van der Waals surface area contributed by atoms with Crippen LogP contribution in [0.3, 0.4) is 0 Å². The highest BCUT2D eigenvalue weighted by Crippen LogP contribution is 2.67. The molecule has 13 atom stereocenters. The van der Waals surface area contributed by atoms with E-state index < -0.39 is 48.6 Å². The number of ether oxygens (including phenoxy) is 5. The molecule has 1 amide bonds. The summed E-state index contributed by atoms with van der Waals surface area (Å²) in [4.78, 5) is 48.8. The van der Waals surface area contributed by atoms with Crippen LogP contribution >= 0.6 is 12.4 Å². The van der Waals surface area contributed by atoms with Crippen LogP contribution in [0.4, 0.5) is 0 Å². The zero-order valence-electron chi connectivity index (χ0n) is 27.3. The molecule has 0 aromatic heterocycles. The zero-order valence-corrected chi connectivity index (χ0v) is 28.1. The number of amides is 1. The number of hydrogen-bond acceptors (Lipinski definition) is 9. The summed E-state index contributed by atoms with van der Waals surface area (Å²) in [7, 11) is 1.76. The number of carbonyl (C=O) groups is 4. The fraction of sp³-hybridized carbons (Fsp3) is 0.879. The molecule has 11 heteroatoms. The number of fused-ring (bicyclic) bond motifs is 5. The Morgan fingerprint density at radius 1 is 0.750 bits per heavy atom. The van der Waals surface area contributed by atoms with Crippen molar-refractivity contribution >= 4 is 36.2 Å². The first-order valence-corrected chi connectivity index (χ1v) is 16.3. The van der Waals surface area contributed by atoms with E-state index in [2.05, 4.69) is 19.2 Å². The molecule has 0 aromatic rings. The summed E-state index contributed by atoms with van der Waals surface area (Å²) in [5, 5.41) is 2.93. The molecular formula is C33H52ClNO9. The van der Waals surface area contributed by atoms with Gasteiger partial charge in [-0.25, -0.2) is 0 Å². The van der Waals surface area contributed by atoms with Crippen molar-refractivity contribution in [1.82, 2.24) is 5.32 Å². The van der Waals surface area contributed by atoms with Gasteiger partial charge in [0.1, 0.15) is 0 Å². The molecular weight excluding hydrogens is 590 g/mol. The third-order valence-electron chi connectivity index (χ3n) is 12.1. The summed E-state index contributed by atoms with van der Waals surface area (Å²) in [5.41, 5.74) is 0.305. The Morgan fingerprint density at radius 2 is 1.34 bits per heavy atom. The monoisotopic (exact) mass is 641 g/mol. The molecule has 1 N–H and O–H groups in total. The van der Waals surface area contributed by atoms with Crippen LogP contribution in [0.2, 0.25) is 0 Å². The molecule has 5 fully saturated rings. The lowest BCUT2D eigenvalue weighted by atomic mass is 9.44. The van der Waals surface area contributed by atoms with E-state index in [0.29, 0.717) is 23.7 Å². The average molecular weight is 642 g/mol. The lowest BCUT2D eigenvalue weighted by molar-refractivity contribution is -0.315. The summed E-state index contributed by atoms with van der Waals surface area (Å²) >= 11 is 0. The Labute approximate surface area is 267 Å². The van der Waals surface area contributed by atoms with Gasteiger partial charge in [-0.1, -0.05) is 13.8 Å². The first-order chi connectivity index (χ1) is 20.3. The predicted molar refractivity (Wildman–Crippen MR) is 162 cm³/mol. The molecule has 4 aliphatic carbocycles. The second kappa shape index (κ2) is 13.4. The minimum absolute atomic E-state index is 0. The lowest BCUT2D eigenvalue weighted by Gasteiger charge is -2.61. The highest BCUT2D eigenvalue weighted by molar-refractivity contribution is 5.85. The number of carbonyl (C=O) groups excluding carboxylic acids is 4. The lowest BCUT2D eigenvalue weighted by Crippen LogP contribution is -2.62. The van der Waals surface area contributed by atoms with Crippen molar-refractivity contribution in [1.29, 1.82) is 0 Å². The predicted octanol–water partition coefficient (Wildman–Crippen LogP) is 4.74. The first kappa shape index (κ1) is 35.0. The van der Waals surface area contributed by atoms with Gasteiger partial charge in [-0.2, -0.15) is 0 Å². The molecule has 0 radical (unpaired) electrons. The SMILES string of the molecule is CNC(=O)C1CC[C@H]2[C@@H]3CCC4CC(O[C@@H]5O[C@H](C)[C@@H](OC(C)=O)[C@H](OC(C)=O)[C@@H]5OC(C)=O)CC[C@]4(C)[C@@H]3CC[C@]12C.Cl. The van der Waals surface area contributed by atoms with E-state index in [1.807, 2.05) is 0 Å². The van der Waals surface area contributed by atoms with Gasteiger partial charge >= 0.3 is 17.9 Å². The topological polar surface area (TPSA) is 126 Å². The van der Waals surface area contributed by atoms with Gasteiger partial charge in [-0.3, -0.25) is 19.2 Å². The van der Waals surface area contributed by atoms with Gasteiger partial charge in [-0.05, 0) is 99.2 Å². The van der Waals surface area contributed by atoms with Gasteiger partial charge in [0.25, 0.3) is 0 Å². The molecule has 1 saturated heterocycles. The van der Waals surface area contributed by atoms with E-state index in [-0.39, 0.29) is 41.2 Å². The smallest absolute Gasteiger partial charge is 0.303 e. The Kier molecular flexibility index (Phi) is 10.7. The number of rotatable bonds is 6. The standard InChI is InChI=1S/C33H51NO9.ClH/c1-17-27(40-18(2)35)28(41-19(3)36)29(42-20(4)37)31(39-17)43-22-12-14-32(5)21(16-22)8-9-23-24-10-11-26(30(38)34-7)33(24,6)15-13-25(23)32;/h17,21-29,31H,8-16H2,1-7H3,(H,34,38);1H/t17-,21?,22?,23+,24+,25-,26?,27-,28+,29+,31+,32+,33+;/m1./s1. The Balaban J connectivity index is 0.00000442. The van der Waals surface area contributed by atoms with E-state index in [4.69, 9.17) is 23.7 Å². The van der Waals surface area contributed by atoms with E-state index >= 15 is 0 Å². The number of halogens is 1. The average Bonchev–Trinajstić information content (AvgIpc) is 3.29. The van der Waals surface area contributed by atoms with Crippen molar-refractivity contribution in [2.75, 3.05) is 7.05 Å². The van der Waals surface area contributed by atoms with Gasteiger partial charge in [0.15, 0.2) is 24.6 Å². The molecule has 3 unspecified atom stereocenters. The molecule has 0 aromatic carbocycles. The molecule has 250 valence electrons. The van der Waals surface area contributed by atoms with E-state index in [0.717, 1.165) is 44.9 Å². The first-order valence-electron chi connectivity index (χ1n) is 16.3. The van der Waals surface area contributed by atoms with E-state index in [9.17, 15) is 19.2 Å². The molecule has 5 aliphatic rings. The highest BCUT2D eigenvalue weighted by Gasteiger charge is 2.61. The van der Waals surface area contributed by atoms with Crippen molar-refractivity contribution in [3.63, 3.8) is 0 Å². The summed E-state index contributed by atoms with van der Waals surface area (Å²) in [6.07, 6.45) is 4.74. The van der Waals surface area contributed by atoms with Crippen LogP contribution in [0, 0.1) is 40.4 Å². The molecule has 1 heterocycles. The van der Waals surface area contributed by atoms with Crippen LogP contribution < -0.4 is 5.32 Å². The number of esters is 3. The largest absolute Gasteiger partial charge is 0.456 e. The van der Waals surface area contributed by atoms with Crippen LogP contribution in [0.25, 0.3) is 0 Å². The normalized spacial score (nSPS) is 44.5. The minimum atomic E-state index is -1.07. The Morgan fingerprint density at radius 3 is 1.98 bits per heavy atom. The van der Waals surface area contributed by atoms with Gasteiger partial charge < -0.3 is 29.0 Å². The van der Waals surface area contributed by atoms with Crippen LogP contribution in [0.5, 0.6) is 0 Å². The maximum atomic E-state index is 12.8. The fourth-order valence-corrected chi connectivity index (χ4v) is 10.2. The Bertz CT molecular complexity index is 1100. The maximum Gasteiger partial charge on any atom is 0.303 e. The third kappa shape index (κ3) is 6.37. The van der Waals surface area contributed by atoms with Crippen LogP contribution in [0.15, 0.2) is 0 Å². The number of hydrogen-bond donors (Lipinski definition) is 1. The van der Waals surface area contributed by atoms with Crippen molar-refractivity contribution in [2.24, 2.45) is 40.4 Å². The molecule has 0 bridgehead atoms. The molecule has 44 heavy (non-hydrogen) atoms. The van der Waals surface area contributed by atoms with Gasteiger partial charge in [-0.15, -0.1) is 12.4 Å². The summed E-state index contributed by atoms with van der Waals surface area (Å²) in [6, 6.07) is 0. The van der Waals surface area contributed by atoms with Crippen molar-refractivity contribution in [3.8, 4) is 0 Å². The van der Waals surface area contributed by atoms with Crippen LogP contribution in [-0.2, 0) is 42.9 Å².